The summed E-state index contributed by atoms with van der Waals surface area (Å²) in [6, 6.07) is 1.84. The van der Waals surface area contributed by atoms with Gasteiger partial charge < -0.3 is 9.52 Å². The van der Waals surface area contributed by atoms with E-state index in [4.69, 9.17) is 9.52 Å². The van der Waals surface area contributed by atoms with Crippen molar-refractivity contribution in [2.24, 2.45) is 0 Å². The highest BCUT2D eigenvalue weighted by Gasteiger charge is 2.15. The number of rotatable bonds is 4. The van der Waals surface area contributed by atoms with E-state index in [2.05, 4.69) is 0 Å². The molecule has 0 saturated heterocycles. The Morgan fingerprint density at radius 2 is 2.29 bits per heavy atom. The SMILES string of the molecule is CC(C)N(C)Cc1occc1C(=O)O. The number of nitrogens with zero attached hydrogens (tertiary/aromatic N) is 1. The lowest BCUT2D eigenvalue weighted by Gasteiger charge is -2.19. The van der Waals surface area contributed by atoms with Gasteiger partial charge in [-0.05, 0) is 27.0 Å². The summed E-state index contributed by atoms with van der Waals surface area (Å²) in [7, 11) is 1.93. The first-order chi connectivity index (χ1) is 6.52. The fourth-order valence-electron chi connectivity index (χ4n) is 1.06. The van der Waals surface area contributed by atoms with Gasteiger partial charge in [0.25, 0.3) is 0 Å². The highest BCUT2D eigenvalue weighted by Crippen LogP contribution is 2.13. The van der Waals surface area contributed by atoms with E-state index in [0.29, 0.717) is 18.3 Å². The zero-order valence-electron chi connectivity index (χ0n) is 8.65. The normalized spacial score (nSPS) is 11.2. The van der Waals surface area contributed by atoms with E-state index in [-0.39, 0.29) is 5.56 Å². The van der Waals surface area contributed by atoms with E-state index in [1.165, 1.54) is 12.3 Å². The van der Waals surface area contributed by atoms with Gasteiger partial charge >= 0.3 is 5.97 Å². The Balaban J connectivity index is 2.76. The first-order valence-corrected chi connectivity index (χ1v) is 4.52. The number of furan rings is 1. The number of hydrogen-bond acceptors (Lipinski definition) is 3. The van der Waals surface area contributed by atoms with E-state index in [1.54, 1.807) is 0 Å². The van der Waals surface area contributed by atoms with Crippen LogP contribution in [0, 0.1) is 0 Å². The van der Waals surface area contributed by atoms with Gasteiger partial charge in [-0.2, -0.15) is 0 Å². The van der Waals surface area contributed by atoms with Crippen molar-refractivity contribution in [3.05, 3.63) is 23.7 Å². The monoisotopic (exact) mass is 197 g/mol. The highest BCUT2D eigenvalue weighted by atomic mass is 16.4. The summed E-state index contributed by atoms with van der Waals surface area (Å²) < 4.78 is 5.12. The quantitative estimate of drug-likeness (QED) is 0.799. The van der Waals surface area contributed by atoms with Gasteiger partial charge in [0.05, 0.1) is 12.8 Å². The first-order valence-electron chi connectivity index (χ1n) is 4.52. The molecule has 0 aliphatic rings. The van der Waals surface area contributed by atoms with Crippen molar-refractivity contribution in [2.75, 3.05) is 7.05 Å². The number of carboxylic acids is 1. The number of carboxylic acid groups (broad SMARTS) is 1. The Morgan fingerprint density at radius 1 is 1.64 bits per heavy atom. The van der Waals surface area contributed by atoms with Crippen molar-refractivity contribution in [3.8, 4) is 0 Å². The summed E-state index contributed by atoms with van der Waals surface area (Å²) in [6.45, 7) is 4.61. The summed E-state index contributed by atoms with van der Waals surface area (Å²) in [5.41, 5.74) is 0.248. The van der Waals surface area contributed by atoms with Crippen molar-refractivity contribution in [2.45, 2.75) is 26.4 Å². The minimum Gasteiger partial charge on any atom is -0.478 e. The molecule has 0 spiro atoms. The van der Waals surface area contributed by atoms with Gasteiger partial charge in [0.15, 0.2) is 0 Å². The Bertz CT molecular complexity index is 317. The lowest BCUT2D eigenvalue weighted by molar-refractivity contribution is 0.0692. The van der Waals surface area contributed by atoms with Gasteiger partial charge in [0.1, 0.15) is 11.3 Å². The van der Waals surface area contributed by atoms with E-state index >= 15 is 0 Å². The smallest absolute Gasteiger partial charge is 0.339 e. The number of carbonyl (C=O) groups is 1. The van der Waals surface area contributed by atoms with Crippen molar-refractivity contribution < 1.29 is 14.3 Å². The minimum absolute atomic E-state index is 0.248. The van der Waals surface area contributed by atoms with Crippen LogP contribution < -0.4 is 0 Å². The minimum atomic E-state index is -0.939. The third kappa shape index (κ3) is 2.35. The van der Waals surface area contributed by atoms with Crippen LogP contribution >= 0.6 is 0 Å². The average Bonchev–Trinajstić information content (AvgIpc) is 2.52. The van der Waals surface area contributed by atoms with Crippen LogP contribution in [0.3, 0.4) is 0 Å². The summed E-state index contributed by atoms with van der Waals surface area (Å²) >= 11 is 0. The molecule has 4 nitrogen and oxygen atoms in total. The van der Waals surface area contributed by atoms with Crippen LogP contribution in [-0.4, -0.2) is 29.1 Å². The fourth-order valence-corrected chi connectivity index (χ4v) is 1.06. The standard InChI is InChI=1S/C10H15NO3/c1-7(2)11(3)6-9-8(10(12)13)4-5-14-9/h4-5,7H,6H2,1-3H3,(H,12,13). The Labute approximate surface area is 83.1 Å². The second-order valence-corrected chi connectivity index (χ2v) is 3.57. The number of aromatic carboxylic acids is 1. The van der Waals surface area contributed by atoms with Crippen LogP contribution in [0.1, 0.15) is 30.0 Å². The Kier molecular flexibility index (Phi) is 3.30. The topological polar surface area (TPSA) is 53.7 Å². The van der Waals surface area contributed by atoms with Crippen LogP contribution in [-0.2, 0) is 6.54 Å². The molecule has 1 aromatic rings. The van der Waals surface area contributed by atoms with Gasteiger partial charge in [-0.1, -0.05) is 0 Å². The van der Waals surface area contributed by atoms with Crippen molar-refractivity contribution in [1.29, 1.82) is 0 Å². The molecular weight excluding hydrogens is 182 g/mol. The summed E-state index contributed by atoms with van der Waals surface area (Å²) in [5, 5.41) is 8.83. The van der Waals surface area contributed by atoms with E-state index in [0.717, 1.165) is 0 Å². The molecule has 4 heteroatoms. The maximum absolute atomic E-state index is 10.8. The molecule has 0 bridgehead atoms. The third-order valence-electron chi connectivity index (χ3n) is 2.25. The van der Waals surface area contributed by atoms with Crippen molar-refractivity contribution >= 4 is 5.97 Å². The molecule has 0 aliphatic heterocycles. The van der Waals surface area contributed by atoms with Crippen LogP contribution in [0.4, 0.5) is 0 Å². The maximum atomic E-state index is 10.8. The average molecular weight is 197 g/mol. The van der Waals surface area contributed by atoms with E-state index in [1.807, 2.05) is 25.8 Å². The van der Waals surface area contributed by atoms with Crippen LogP contribution in [0.15, 0.2) is 16.7 Å². The molecule has 1 heterocycles. The first kappa shape index (κ1) is 10.8. The predicted molar refractivity (Wildman–Crippen MR) is 52.3 cm³/mol. The Morgan fingerprint density at radius 3 is 2.79 bits per heavy atom. The lowest BCUT2D eigenvalue weighted by atomic mass is 10.2. The van der Waals surface area contributed by atoms with E-state index < -0.39 is 5.97 Å². The molecule has 0 radical (unpaired) electrons. The highest BCUT2D eigenvalue weighted by molar-refractivity contribution is 5.88. The molecule has 1 N–H and O–H groups in total. The van der Waals surface area contributed by atoms with Crippen molar-refractivity contribution in [3.63, 3.8) is 0 Å². The molecule has 14 heavy (non-hydrogen) atoms. The molecule has 0 aliphatic carbocycles. The summed E-state index contributed by atoms with van der Waals surface area (Å²) in [6.07, 6.45) is 1.41. The van der Waals surface area contributed by atoms with Gasteiger partial charge in [-0.15, -0.1) is 0 Å². The largest absolute Gasteiger partial charge is 0.478 e. The fraction of sp³-hybridized carbons (Fsp3) is 0.500. The lowest BCUT2D eigenvalue weighted by Crippen LogP contribution is -2.26. The van der Waals surface area contributed by atoms with Gasteiger partial charge in [0.2, 0.25) is 0 Å². The molecular formula is C10H15NO3. The van der Waals surface area contributed by atoms with Gasteiger partial charge in [0, 0.05) is 6.04 Å². The van der Waals surface area contributed by atoms with Gasteiger partial charge in [-0.3, -0.25) is 4.90 Å². The second kappa shape index (κ2) is 4.28. The third-order valence-corrected chi connectivity index (χ3v) is 2.25. The van der Waals surface area contributed by atoms with Crippen LogP contribution in [0.2, 0.25) is 0 Å². The molecule has 0 aromatic carbocycles. The Hall–Kier alpha value is -1.29. The molecule has 1 rings (SSSR count). The zero-order valence-corrected chi connectivity index (χ0v) is 8.65. The van der Waals surface area contributed by atoms with E-state index in [9.17, 15) is 4.79 Å². The zero-order chi connectivity index (χ0) is 10.7. The number of hydrogen-bond donors (Lipinski definition) is 1. The molecule has 0 fully saturated rings. The van der Waals surface area contributed by atoms with Gasteiger partial charge in [-0.25, -0.2) is 4.79 Å². The maximum Gasteiger partial charge on any atom is 0.339 e. The molecule has 1 aromatic heterocycles. The predicted octanol–water partition coefficient (Wildman–Crippen LogP) is 1.82. The molecule has 78 valence electrons. The molecule has 0 atom stereocenters. The summed E-state index contributed by atoms with van der Waals surface area (Å²) in [5.74, 6) is -0.431. The van der Waals surface area contributed by atoms with Crippen LogP contribution in [0.5, 0.6) is 0 Å². The molecule has 0 unspecified atom stereocenters. The molecule has 0 amide bonds. The second-order valence-electron chi connectivity index (χ2n) is 3.57. The van der Waals surface area contributed by atoms with Crippen molar-refractivity contribution in [1.82, 2.24) is 4.90 Å². The molecule has 0 saturated carbocycles. The van der Waals surface area contributed by atoms with Crippen LogP contribution in [0.25, 0.3) is 0 Å². The summed E-state index contributed by atoms with van der Waals surface area (Å²) in [4.78, 5) is 12.8.